The van der Waals surface area contributed by atoms with Crippen molar-refractivity contribution in [3.8, 4) is 0 Å². The number of allylic oxidation sites excluding steroid dienone is 11. The monoisotopic (exact) mass is 601 g/mol. The maximum atomic E-state index is 14.0. The second kappa shape index (κ2) is 14.0. The van der Waals surface area contributed by atoms with E-state index in [0.29, 0.717) is 32.2 Å². The van der Waals surface area contributed by atoms with Gasteiger partial charge in [-0.3, -0.25) is 9.59 Å². The summed E-state index contributed by atoms with van der Waals surface area (Å²) in [6.45, 7) is 25.6. The van der Waals surface area contributed by atoms with E-state index < -0.39 is 0 Å². The molecule has 0 aromatic heterocycles. The molecule has 0 aromatic rings. The normalized spacial score (nSPS) is 21.5. The third-order valence-electron chi connectivity index (χ3n) is 12.6. The summed E-state index contributed by atoms with van der Waals surface area (Å²) in [7, 11) is 0. The summed E-state index contributed by atoms with van der Waals surface area (Å²) in [4.78, 5) is 28.0. The number of Topliss-reactive ketones (excluding diaryl/α,β-unsaturated/α-hetero) is 2. The Bertz CT molecular complexity index is 1220. The average Bonchev–Trinajstić information content (AvgIpc) is 3.02. The highest BCUT2D eigenvalue weighted by Crippen LogP contribution is 2.49. The zero-order valence-electron chi connectivity index (χ0n) is 30.2. The van der Waals surface area contributed by atoms with E-state index in [1.54, 1.807) is 0 Å². The first-order valence-corrected chi connectivity index (χ1v) is 17.5. The van der Waals surface area contributed by atoms with Crippen LogP contribution in [-0.4, -0.2) is 18.1 Å². The van der Waals surface area contributed by atoms with Crippen LogP contribution in [0.5, 0.6) is 0 Å². The number of hydrogen-bond acceptors (Lipinski definition) is 3. The van der Waals surface area contributed by atoms with E-state index in [-0.39, 0.29) is 33.2 Å². The Morgan fingerprint density at radius 1 is 0.659 bits per heavy atom. The quantitative estimate of drug-likeness (QED) is 0.159. The maximum absolute atomic E-state index is 14.0. The van der Waals surface area contributed by atoms with Gasteiger partial charge in [0.1, 0.15) is 0 Å². The molecule has 244 valence electrons. The van der Waals surface area contributed by atoms with E-state index in [1.165, 1.54) is 22.3 Å². The van der Waals surface area contributed by atoms with Crippen molar-refractivity contribution in [2.24, 2.45) is 27.4 Å². The van der Waals surface area contributed by atoms with Gasteiger partial charge in [0, 0.05) is 28.8 Å². The van der Waals surface area contributed by atoms with Crippen molar-refractivity contribution >= 4 is 11.6 Å². The predicted molar refractivity (Wildman–Crippen MR) is 188 cm³/mol. The van der Waals surface area contributed by atoms with E-state index in [4.69, 9.17) is 5.73 Å². The van der Waals surface area contributed by atoms with Crippen LogP contribution in [0.2, 0.25) is 0 Å². The highest BCUT2D eigenvalue weighted by Gasteiger charge is 2.41. The van der Waals surface area contributed by atoms with Gasteiger partial charge in [0.2, 0.25) is 0 Å². The summed E-state index contributed by atoms with van der Waals surface area (Å²) >= 11 is 0. The molecule has 0 heterocycles. The average molecular weight is 602 g/mol. The number of carbonyl (C=O) groups excluding carboxylic acids is 2. The summed E-state index contributed by atoms with van der Waals surface area (Å²) in [6, 6.07) is 0. The second-order valence-corrected chi connectivity index (χ2v) is 15.8. The topological polar surface area (TPSA) is 60.2 Å². The molecule has 3 nitrogen and oxygen atoms in total. The Kier molecular flexibility index (Phi) is 11.5. The summed E-state index contributed by atoms with van der Waals surface area (Å²) in [5, 5.41) is 0. The third-order valence-corrected chi connectivity index (χ3v) is 12.6. The minimum Gasteiger partial charge on any atom is -0.330 e. The lowest BCUT2D eigenvalue weighted by Crippen LogP contribution is -2.31. The maximum Gasteiger partial charge on any atom is 0.186 e. The first kappa shape index (κ1) is 36.2. The zero-order valence-corrected chi connectivity index (χ0v) is 30.2. The number of nitrogens with two attached hydrogens (primary N) is 1. The van der Waals surface area contributed by atoms with Gasteiger partial charge in [0.25, 0.3) is 0 Å². The van der Waals surface area contributed by atoms with Gasteiger partial charge in [-0.25, -0.2) is 0 Å². The molecule has 3 aliphatic carbocycles. The van der Waals surface area contributed by atoms with Gasteiger partial charge in [-0.2, -0.15) is 0 Å². The largest absolute Gasteiger partial charge is 0.330 e. The SMILES string of the molecule is CCC(C)(CC/C=C(\C)C(C)(C)CC)C1=CCC2=C(C1)C(=O)C1=C(CC(C(C)(CC)CC/C=C(\C)C(C)(C)CN)=CC1)C2=O. The molecule has 0 radical (unpaired) electrons. The van der Waals surface area contributed by atoms with Gasteiger partial charge >= 0.3 is 0 Å². The first-order valence-electron chi connectivity index (χ1n) is 17.5. The lowest BCUT2D eigenvalue weighted by atomic mass is 9.65. The van der Waals surface area contributed by atoms with E-state index >= 15 is 0 Å². The Hall–Kier alpha value is -2.26. The lowest BCUT2D eigenvalue weighted by molar-refractivity contribution is -0.117. The Balaban J connectivity index is 1.74. The Morgan fingerprint density at radius 3 is 1.39 bits per heavy atom. The summed E-state index contributed by atoms with van der Waals surface area (Å²) < 4.78 is 0. The van der Waals surface area contributed by atoms with Crippen LogP contribution in [0, 0.1) is 21.7 Å². The fourth-order valence-electron chi connectivity index (χ4n) is 6.95. The van der Waals surface area contributed by atoms with E-state index in [1.807, 2.05) is 0 Å². The van der Waals surface area contributed by atoms with Crippen LogP contribution in [0.1, 0.15) is 147 Å². The van der Waals surface area contributed by atoms with Crippen LogP contribution < -0.4 is 5.73 Å². The van der Waals surface area contributed by atoms with Gasteiger partial charge in [-0.05, 0) is 106 Å². The van der Waals surface area contributed by atoms with Crippen LogP contribution >= 0.6 is 0 Å². The standard InChI is InChI=1S/C41H63NO2/c1-12-38(6,7)28(4)17-15-23-40(10,13-2)30-19-21-32-34(25-30)36(43)33-22-20-31(26-35(33)37(32)44)41(11,14-3)24-16-18-29(5)39(8,9)27-42/h17-20H,12-16,21-27,42H2,1-11H3/b28-17+,29-18+. The van der Waals surface area contributed by atoms with Crippen molar-refractivity contribution in [3.05, 3.63) is 68.9 Å². The highest BCUT2D eigenvalue weighted by molar-refractivity contribution is 6.26. The van der Waals surface area contributed by atoms with Gasteiger partial charge < -0.3 is 5.73 Å². The fourth-order valence-corrected chi connectivity index (χ4v) is 6.95. The molecule has 2 N–H and O–H groups in total. The summed E-state index contributed by atoms with van der Waals surface area (Å²) in [6.07, 6.45) is 19.0. The van der Waals surface area contributed by atoms with E-state index in [9.17, 15) is 9.59 Å². The smallest absolute Gasteiger partial charge is 0.186 e. The second-order valence-electron chi connectivity index (χ2n) is 15.8. The van der Waals surface area contributed by atoms with Crippen LogP contribution in [0.4, 0.5) is 0 Å². The molecule has 2 unspecified atom stereocenters. The molecule has 0 aromatic carbocycles. The first-order chi connectivity index (χ1) is 20.5. The molecule has 0 amide bonds. The molecular formula is C41H63NO2. The van der Waals surface area contributed by atoms with Crippen molar-refractivity contribution in [2.75, 3.05) is 6.54 Å². The summed E-state index contributed by atoms with van der Waals surface area (Å²) in [5.74, 6) is 0.267. The molecular weight excluding hydrogens is 538 g/mol. The molecule has 0 bridgehead atoms. The predicted octanol–water partition coefficient (Wildman–Crippen LogP) is 10.9. The zero-order chi connectivity index (χ0) is 33.1. The van der Waals surface area contributed by atoms with Gasteiger partial charge in [-0.1, -0.05) is 109 Å². The van der Waals surface area contributed by atoms with E-state index in [0.717, 1.165) is 67.2 Å². The van der Waals surface area contributed by atoms with E-state index in [2.05, 4.69) is 100 Å². The van der Waals surface area contributed by atoms with Crippen molar-refractivity contribution in [1.29, 1.82) is 0 Å². The molecule has 0 aliphatic heterocycles. The van der Waals surface area contributed by atoms with Gasteiger partial charge in [0.05, 0.1) is 0 Å². The minimum absolute atomic E-state index is 0.00186. The minimum atomic E-state index is 0.00186. The summed E-state index contributed by atoms with van der Waals surface area (Å²) in [5.41, 5.74) is 14.8. The third kappa shape index (κ3) is 7.41. The van der Waals surface area contributed by atoms with Crippen molar-refractivity contribution in [2.45, 2.75) is 147 Å². The van der Waals surface area contributed by atoms with Gasteiger partial charge in [0.15, 0.2) is 11.6 Å². The van der Waals surface area contributed by atoms with Gasteiger partial charge in [-0.15, -0.1) is 0 Å². The lowest BCUT2D eigenvalue weighted by Gasteiger charge is -2.38. The van der Waals surface area contributed by atoms with Crippen LogP contribution in [0.3, 0.4) is 0 Å². The number of carbonyl (C=O) groups is 2. The number of rotatable bonds is 14. The van der Waals surface area contributed by atoms with Crippen LogP contribution in [0.25, 0.3) is 0 Å². The number of hydrogen-bond donors (Lipinski definition) is 1. The molecule has 0 saturated heterocycles. The molecule has 0 spiro atoms. The fraction of sp³-hybridized carbons (Fsp3) is 0.659. The molecule has 3 rings (SSSR count). The molecule has 0 saturated carbocycles. The van der Waals surface area contributed by atoms with Crippen molar-refractivity contribution < 1.29 is 9.59 Å². The molecule has 3 heteroatoms. The highest BCUT2D eigenvalue weighted by atomic mass is 16.1. The Morgan fingerprint density at radius 2 is 1.05 bits per heavy atom. The molecule has 44 heavy (non-hydrogen) atoms. The number of ketones is 2. The van der Waals surface area contributed by atoms with Crippen LogP contribution in [0.15, 0.2) is 68.9 Å². The molecule has 2 atom stereocenters. The molecule has 3 aliphatic rings. The van der Waals surface area contributed by atoms with Crippen molar-refractivity contribution in [3.63, 3.8) is 0 Å². The molecule has 0 fully saturated rings. The van der Waals surface area contributed by atoms with Crippen LogP contribution in [-0.2, 0) is 9.59 Å². The Labute approximate surface area is 270 Å². The van der Waals surface area contributed by atoms with Crippen molar-refractivity contribution in [1.82, 2.24) is 0 Å².